The van der Waals surface area contributed by atoms with Crippen LogP contribution in [0.1, 0.15) is 47.3 Å². The molecule has 238 valence electrons. The van der Waals surface area contributed by atoms with Crippen molar-refractivity contribution < 1.29 is 19.4 Å². The number of nitrogens with one attached hydrogen (secondary N) is 2. The minimum absolute atomic E-state index is 0.221. The Bertz CT molecular complexity index is 1540. The van der Waals surface area contributed by atoms with Crippen LogP contribution in [0.5, 0.6) is 0 Å². The van der Waals surface area contributed by atoms with E-state index in [-0.39, 0.29) is 24.5 Å². The summed E-state index contributed by atoms with van der Waals surface area (Å²) >= 11 is 6.50. The van der Waals surface area contributed by atoms with Crippen LogP contribution in [0.2, 0.25) is 5.02 Å². The van der Waals surface area contributed by atoms with E-state index in [1.165, 1.54) is 0 Å². The molecule has 6 rings (SSSR count). The van der Waals surface area contributed by atoms with Crippen LogP contribution >= 0.6 is 11.6 Å². The van der Waals surface area contributed by atoms with Gasteiger partial charge in [-0.1, -0.05) is 23.7 Å². The summed E-state index contributed by atoms with van der Waals surface area (Å²) in [7, 11) is 2.10. The molecule has 3 aliphatic rings. The number of hydrogen-bond donors (Lipinski definition) is 3. The van der Waals surface area contributed by atoms with Crippen LogP contribution in [0, 0.1) is 0 Å². The molecule has 1 aromatic carbocycles. The zero-order chi connectivity index (χ0) is 31.5. The molecule has 2 saturated heterocycles. The molecule has 0 saturated carbocycles. The fraction of sp³-hybridized carbons (Fsp3) is 0.469. The molecule has 2 aromatic heterocycles. The zero-order valence-corrected chi connectivity index (χ0v) is 26.3. The van der Waals surface area contributed by atoms with Crippen LogP contribution in [0.3, 0.4) is 0 Å². The van der Waals surface area contributed by atoms with Crippen molar-refractivity contribution in [3.05, 3.63) is 64.4 Å². The van der Waals surface area contributed by atoms with Gasteiger partial charge in [0, 0.05) is 69.3 Å². The van der Waals surface area contributed by atoms with Crippen molar-refractivity contribution in [1.82, 2.24) is 30.1 Å². The van der Waals surface area contributed by atoms with E-state index in [2.05, 4.69) is 42.4 Å². The predicted molar refractivity (Wildman–Crippen MR) is 171 cm³/mol. The molecule has 3 aromatic rings. The molecule has 13 heteroatoms. The Hall–Kier alpha value is -3.84. The molecule has 0 unspecified atom stereocenters. The first-order chi connectivity index (χ1) is 21.8. The molecule has 2 fully saturated rings. The number of carbonyl (C=O) groups excluding carboxylic acids is 2. The second-order valence-electron chi connectivity index (χ2n) is 11.9. The first-order valence-corrected chi connectivity index (χ1v) is 15.8. The smallest absolute Gasteiger partial charge is 0.255 e. The topological polar surface area (TPSA) is 136 Å². The predicted octanol–water partition coefficient (Wildman–Crippen LogP) is 2.73. The first-order valence-electron chi connectivity index (χ1n) is 15.4. The van der Waals surface area contributed by atoms with Crippen LogP contribution in [-0.2, 0) is 16.1 Å². The summed E-state index contributed by atoms with van der Waals surface area (Å²) < 4.78 is 5.44. The van der Waals surface area contributed by atoms with Crippen molar-refractivity contribution in [3.63, 3.8) is 0 Å². The van der Waals surface area contributed by atoms with Crippen molar-refractivity contribution in [2.24, 2.45) is 0 Å². The van der Waals surface area contributed by atoms with Crippen LogP contribution in [-0.4, -0.2) is 107 Å². The lowest BCUT2D eigenvalue weighted by Crippen LogP contribution is -2.47. The zero-order valence-electron chi connectivity index (χ0n) is 25.6. The highest BCUT2D eigenvalue weighted by molar-refractivity contribution is 6.33. The number of nitrogens with zero attached hydrogens (tertiary/aromatic N) is 6. The van der Waals surface area contributed by atoms with E-state index in [0.29, 0.717) is 47.6 Å². The van der Waals surface area contributed by atoms with Crippen LogP contribution in [0.15, 0.2) is 42.7 Å². The summed E-state index contributed by atoms with van der Waals surface area (Å²) in [6, 6.07) is 8.08. The number of likely N-dealkylation sites (N-methyl/N-ethyl adjacent to an activating group) is 1. The van der Waals surface area contributed by atoms with Gasteiger partial charge in [0.05, 0.1) is 29.6 Å². The fourth-order valence-corrected chi connectivity index (χ4v) is 6.17. The number of aromatic nitrogens is 3. The number of hydrogen-bond acceptors (Lipinski definition) is 10. The molecule has 0 spiro atoms. The van der Waals surface area contributed by atoms with Crippen molar-refractivity contribution in [2.75, 3.05) is 63.3 Å². The standard InChI is InChI=1S/C32H39ClN8O4/c1-20(30(43)37-27(19-42)21-5-8-34-28(16-21)40-11-9-39(2)10-12-40)41-18-23-4-3-22(15-25(23)31(41)44)29-26(33)17-35-32(38-29)36-24-6-13-45-14-7-24/h3-5,8,15-17,20,24,27,42H,6-7,9-14,18-19H2,1-2H3,(H,37,43)(H,35,36,38)/t20-,27-/m1/s1. The average molecular weight is 635 g/mol. The molecule has 12 nitrogen and oxygen atoms in total. The average Bonchev–Trinajstić information content (AvgIpc) is 3.40. The van der Waals surface area contributed by atoms with E-state index >= 15 is 0 Å². The van der Waals surface area contributed by atoms with Crippen molar-refractivity contribution >= 4 is 35.2 Å². The van der Waals surface area contributed by atoms with E-state index in [4.69, 9.17) is 16.3 Å². The number of rotatable bonds is 9. The molecule has 2 atom stereocenters. The third-order valence-corrected chi connectivity index (χ3v) is 9.14. The number of amides is 2. The van der Waals surface area contributed by atoms with Crippen molar-refractivity contribution in [3.8, 4) is 11.3 Å². The minimum atomic E-state index is -0.765. The third kappa shape index (κ3) is 6.89. The maximum Gasteiger partial charge on any atom is 0.255 e. The summed E-state index contributed by atoms with van der Waals surface area (Å²) in [5.41, 5.74) is 3.30. The second-order valence-corrected chi connectivity index (χ2v) is 12.3. The SMILES string of the molecule is C[C@H](C(=O)N[C@H](CO)c1ccnc(N2CCN(C)CC2)c1)N1Cc2ccc(-c3nc(NC4CCOCC4)ncc3Cl)cc2C1=O. The Labute approximate surface area is 267 Å². The van der Waals surface area contributed by atoms with Gasteiger partial charge in [-0.15, -0.1) is 0 Å². The van der Waals surface area contributed by atoms with Crippen LogP contribution in [0.4, 0.5) is 11.8 Å². The highest BCUT2D eigenvalue weighted by Crippen LogP contribution is 2.32. The number of fused-ring (bicyclic) bond motifs is 1. The van der Waals surface area contributed by atoms with Gasteiger partial charge in [-0.3, -0.25) is 9.59 Å². The Balaban J connectivity index is 1.13. The second kappa shape index (κ2) is 13.7. The molecular formula is C32H39ClN8O4. The van der Waals surface area contributed by atoms with Crippen molar-refractivity contribution in [1.29, 1.82) is 0 Å². The summed E-state index contributed by atoms with van der Waals surface area (Å²) in [6.07, 6.45) is 5.01. The van der Waals surface area contributed by atoms with E-state index in [1.807, 2.05) is 18.2 Å². The Kier molecular flexibility index (Phi) is 9.45. The fourth-order valence-electron chi connectivity index (χ4n) is 5.97. The molecular weight excluding hydrogens is 596 g/mol. The molecule has 5 heterocycles. The molecule has 0 bridgehead atoms. The number of carbonyl (C=O) groups is 2. The number of piperazine rings is 1. The van der Waals surface area contributed by atoms with E-state index in [9.17, 15) is 14.7 Å². The molecule has 45 heavy (non-hydrogen) atoms. The Morgan fingerprint density at radius 3 is 2.67 bits per heavy atom. The van der Waals surface area contributed by atoms with Crippen LogP contribution < -0.4 is 15.5 Å². The quantitative estimate of drug-likeness (QED) is 0.322. The van der Waals surface area contributed by atoms with Gasteiger partial charge in [-0.05, 0) is 56.1 Å². The van der Waals surface area contributed by atoms with Gasteiger partial charge < -0.3 is 35.2 Å². The van der Waals surface area contributed by atoms with Crippen molar-refractivity contribution in [2.45, 2.75) is 44.4 Å². The Morgan fingerprint density at radius 1 is 1.13 bits per heavy atom. The normalized spacial score (nSPS) is 18.9. The Morgan fingerprint density at radius 2 is 1.91 bits per heavy atom. The molecule has 0 radical (unpaired) electrons. The summed E-state index contributed by atoms with van der Waals surface area (Å²) in [4.78, 5) is 46.6. The molecule has 2 amide bonds. The summed E-state index contributed by atoms with van der Waals surface area (Å²) in [5.74, 6) is 0.694. The van der Waals surface area contributed by atoms with Gasteiger partial charge in [0.25, 0.3) is 5.91 Å². The van der Waals surface area contributed by atoms with E-state index < -0.39 is 12.1 Å². The lowest BCUT2D eigenvalue weighted by Gasteiger charge is -2.33. The minimum Gasteiger partial charge on any atom is -0.394 e. The third-order valence-electron chi connectivity index (χ3n) is 8.86. The van der Waals surface area contributed by atoms with E-state index in [1.54, 1.807) is 36.4 Å². The van der Waals surface area contributed by atoms with Gasteiger partial charge >= 0.3 is 0 Å². The highest BCUT2D eigenvalue weighted by Gasteiger charge is 2.35. The molecule has 0 aliphatic carbocycles. The molecule has 3 aliphatic heterocycles. The number of aliphatic hydroxyl groups excluding tert-OH is 1. The number of ether oxygens (including phenoxy) is 1. The monoisotopic (exact) mass is 634 g/mol. The number of halogens is 1. The number of anilines is 2. The van der Waals surface area contributed by atoms with Gasteiger partial charge in [0.15, 0.2) is 0 Å². The highest BCUT2D eigenvalue weighted by atomic mass is 35.5. The number of aliphatic hydroxyl groups is 1. The summed E-state index contributed by atoms with van der Waals surface area (Å²) in [5, 5.41) is 16.9. The largest absolute Gasteiger partial charge is 0.394 e. The summed E-state index contributed by atoms with van der Waals surface area (Å²) in [6.45, 7) is 6.70. The van der Waals surface area contributed by atoms with Gasteiger partial charge in [-0.2, -0.15) is 0 Å². The van der Waals surface area contributed by atoms with Gasteiger partial charge in [-0.25, -0.2) is 15.0 Å². The maximum atomic E-state index is 13.6. The van der Waals surface area contributed by atoms with Gasteiger partial charge in [0.2, 0.25) is 11.9 Å². The maximum absolute atomic E-state index is 13.6. The molecule has 3 N–H and O–H groups in total. The lowest BCUT2D eigenvalue weighted by molar-refractivity contribution is -0.126. The number of pyridine rings is 1. The van der Waals surface area contributed by atoms with Gasteiger partial charge in [0.1, 0.15) is 11.9 Å². The number of benzene rings is 1. The lowest BCUT2D eigenvalue weighted by atomic mass is 10.0. The first kappa shape index (κ1) is 31.2. The van der Waals surface area contributed by atoms with Crippen LogP contribution in [0.25, 0.3) is 11.3 Å². The van der Waals surface area contributed by atoms with E-state index in [0.717, 1.165) is 56.0 Å².